The fourth-order valence-electron chi connectivity index (χ4n) is 7.00. The number of likely N-dealkylation sites (N-methyl/N-ethyl adjacent to an activating group) is 1. The predicted octanol–water partition coefficient (Wildman–Crippen LogP) is 5.21. The van der Waals surface area contributed by atoms with E-state index >= 15 is 4.39 Å². The Morgan fingerprint density at radius 1 is 1.12 bits per heavy atom. The van der Waals surface area contributed by atoms with Gasteiger partial charge in [-0.05, 0) is 76.2 Å². The van der Waals surface area contributed by atoms with Gasteiger partial charge in [0.1, 0.15) is 34.7 Å². The number of aromatic nitrogens is 3. The monoisotopic (exact) mass is 585 g/mol. The predicted molar refractivity (Wildman–Crippen MR) is 160 cm³/mol. The number of halogens is 2. The van der Waals surface area contributed by atoms with Crippen LogP contribution in [0.2, 0.25) is 0 Å². The van der Waals surface area contributed by atoms with Crippen molar-refractivity contribution in [3.05, 3.63) is 47.2 Å². The van der Waals surface area contributed by atoms with Crippen molar-refractivity contribution < 1.29 is 23.4 Å². The molecule has 0 radical (unpaired) electrons. The van der Waals surface area contributed by atoms with Crippen LogP contribution in [0, 0.1) is 24.0 Å². The number of nitrogens with zero attached hydrogens (tertiary/aromatic N) is 5. The molecule has 2 aromatic heterocycles. The number of phenolic OH excluding ortho intramolecular Hbond substituents is 1. The van der Waals surface area contributed by atoms with Crippen LogP contribution >= 0.6 is 0 Å². The molecule has 222 valence electrons. The Kier molecular flexibility index (Phi) is 7.02. The number of ether oxygens (including phenoxy) is 2. The maximum atomic E-state index is 16.9. The Balaban J connectivity index is 1.48. The minimum absolute atomic E-state index is 0.0212. The largest absolute Gasteiger partial charge is 0.508 e. The summed E-state index contributed by atoms with van der Waals surface area (Å²) in [5.74, 6) is 1.56. The molecule has 4 aromatic rings. The number of anilines is 1. The summed E-state index contributed by atoms with van der Waals surface area (Å²) in [6, 6.07) is 5.92. The summed E-state index contributed by atoms with van der Waals surface area (Å²) in [7, 11) is 2.07. The molecular formula is C33H33F2N5O3. The van der Waals surface area contributed by atoms with E-state index in [9.17, 15) is 9.50 Å². The van der Waals surface area contributed by atoms with E-state index < -0.39 is 11.6 Å². The minimum Gasteiger partial charge on any atom is -0.508 e. The molecule has 8 nitrogen and oxygen atoms in total. The lowest BCUT2D eigenvalue weighted by molar-refractivity contribution is 0.112. The lowest BCUT2D eigenvalue weighted by Crippen LogP contribution is -2.39. The Morgan fingerprint density at radius 2 is 1.98 bits per heavy atom. The molecule has 0 bridgehead atoms. The van der Waals surface area contributed by atoms with Crippen LogP contribution in [0.15, 0.2) is 24.3 Å². The minimum atomic E-state index is -0.707. The summed E-state index contributed by atoms with van der Waals surface area (Å²) < 4.78 is 44.0. The highest BCUT2D eigenvalue weighted by Gasteiger charge is 2.34. The highest BCUT2D eigenvalue weighted by atomic mass is 19.1. The molecule has 3 aliphatic heterocycles. The smallest absolute Gasteiger partial charge is 0.319 e. The number of terminal acetylenes is 1. The average molecular weight is 586 g/mol. The first-order valence-corrected chi connectivity index (χ1v) is 14.9. The van der Waals surface area contributed by atoms with Crippen molar-refractivity contribution in [2.75, 3.05) is 38.3 Å². The van der Waals surface area contributed by atoms with Gasteiger partial charge in [0.05, 0.1) is 29.3 Å². The van der Waals surface area contributed by atoms with Crippen molar-refractivity contribution in [3.8, 4) is 35.4 Å². The van der Waals surface area contributed by atoms with Crippen LogP contribution in [0.1, 0.15) is 43.9 Å². The van der Waals surface area contributed by atoms with Gasteiger partial charge in [0.15, 0.2) is 5.82 Å². The highest BCUT2D eigenvalue weighted by molar-refractivity contribution is 6.03. The maximum absolute atomic E-state index is 16.9. The zero-order valence-electron chi connectivity index (χ0n) is 24.2. The second-order valence-electron chi connectivity index (χ2n) is 11.8. The van der Waals surface area contributed by atoms with E-state index in [-0.39, 0.29) is 52.3 Å². The first-order valence-electron chi connectivity index (χ1n) is 14.9. The lowest BCUT2D eigenvalue weighted by atomic mass is 9.95. The summed E-state index contributed by atoms with van der Waals surface area (Å²) in [4.78, 5) is 18.8. The molecule has 1 N–H and O–H groups in total. The molecule has 2 saturated heterocycles. The highest BCUT2D eigenvalue weighted by Crippen LogP contribution is 2.42. The standard InChI is InChI=1S/C33H33F2N5O3/c1-4-22-24(34)10-8-19-15-21(41)16-23(27(19)22)30-29(35)31-28-25(36-30)11-9-20-17-42-14-6-13-40(20)32(28)38-33(37-31)43-18(2)26-7-5-12-39(26)3/h1,8,10,15-16,18,20,26,41H,5-7,9,11-14,17H2,2-3H3/t18-,20-,26-/m0/s1. The van der Waals surface area contributed by atoms with Crippen LogP contribution in [0.3, 0.4) is 0 Å². The molecule has 5 heterocycles. The van der Waals surface area contributed by atoms with Crippen LogP contribution in [0.25, 0.3) is 32.9 Å². The van der Waals surface area contributed by atoms with E-state index in [2.05, 4.69) is 27.8 Å². The van der Waals surface area contributed by atoms with Crippen molar-refractivity contribution in [2.45, 2.75) is 57.2 Å². The summed E-state index contributed by atoms with van der Waals surface area (Å²) in [6.07, 6.45) is 9.63. The van der Waals surface area contributed by atoms with Crippen LogP contribution in [-0.4, -0.2) is 76.5 Å². The van der Waals surface area contributed by atoms with Gasteiger partial charge in [0.25, 0.3) is 0 Å². The molecule has 3 aliphatic rings. The molecule has 0 saturated carbocycles. The normalized spacial score (nSPS) is 21.3. The first kappa shape index (κ1) is 27.7. The number of likely N-dealkylation sites (tertiary alicyclic amines) is 1. The van der Waals surface area contributed by atoms with Gasteiger partial charge in [-0.2, -0.15) is 9.97 Å². The van der Waals surface area contributed by atoms with Crippen molar-refractivity contribution in [1.82, 2.24) is 19.9 Å². The van der Waals surface area contributed by atoms with E-state index in [1.54, 1.807) is 0 Å². The van der Waals surface area contributed by atoms with Crippen molar-refractivity contribution in [2.24, 2.45) is 0 Å². The number of hydrogen-bond acceptors (Lipinski definition) is 8. The Bertz CT molecular complexity index is 1790. The Morgan fingerprint density at radius 3 is 2.77 bits per heavy atom. The number of rotatable bonds is 4. The fraction of sp³-hybridized carbons (Fsp3) is 0.424. The van der Waals surface area contributed by atoms with Gasteiger partial charge in [-0.25, -0.2) is 13.8 Å². The quantitative estimate of drug-likeness (QED) is 0.327. The van der Waals surface area contributed by atoms with E-state index in [1.807, 2.05) is 6.92 Å². The van der Waals surface area contributed by atoms with E-state index in [0.717, 1.165) is 25.8 Å². The average Bonchev–Trinajstić information content (AvgIpc) is 3.20. The molecule has 10 heteroatoms. The molecule has 0 amide bonds. The molecule has 2 fully saturated rings. The van der Waals surface area contributed by atoms with Crippen molar-refractivity contribution in [1.29, 1.82) is 0 Å². The number of pyridine rings is 1. The molecule has 0 spiro atoms. The van der Waals surface area contributed by atoms with E-state index in [1.165, 1.54) is 24.3 Å². The van der Waals surface area contributed by atoms with Gasteiger partial charge in [-0.3, -0.25) is 4.90 Å². The molecule has 7 rings (SSSR count). The second-order valence-corrected chi connectivity index (χ2v) is 11.8. The summed E-state index contributed by atoms with van der Waals surface area (Å²) in [6.45, 7) is 4.85. The third-order valence-corrected chi connectivity index (χ3v) is 9.11. The zero-order valence-corrected chi connectivity index (χ0v) is 24.2. The molecule has 0 unspecified atom stereocenters. The Hall–Kier alpha value is -4.07. The number of fused-ring (bicyclic) bond motifs is 3. The molecule has 0 aliphatic carbocycles. The fourth-order valence-corrected chi connectivity index (χ4v) is 7.00. The maximum Gasteiger partial charge on any atom is 0.319 e. The number of phenols is 1. The molecule has 2 aromatic carbocycles. The summed E-state index contributed by atoms with van der Waals surface area (Å²) >= 11 is 0. The van der Waals surface area contributed by atoms with E-state index in [4.69, 9.17) is 25.9 Å². The summed E-state index contributed by atoms with van der Waals surface area (Å²) in [5, 5.41) is 11.9. The van der Waals surface area contributed by atoms with Crippen LogP contribution in [0.4, 0.5) is 14.6 Å². The Labute approximate surface area is 248 Å². The van der Waals surface area contributed by atoms with Crippen LogP contribution < -0.4 is 9.64 Å². The van der Waals surface area contributed by atoms with Gasteiger partial charge < -0.3 is 19.5 Å². The lowest BCUT2D eigenvalue weighted by Gasteiger charge is -2.30. The van der Waals surface area contributed by atoms with Crippen molar-refractivity contribution >= 4 is 27.5 Å². The number of aromatic hydroxyl groups is 1. The van der Waals surface area contributed by atoms with Gasteiger partial charge in [0, 0.05) is 30.1 Å². The SMILES string of the molecule is C#Cc1c(F)ccc2cc(O)cc(-c3nc4c5c(nc(O[C@@H](C)[C@@H]6CCCN6C)nc5c3F)N3CCCOC[C@@H]3CC4)c12. The first-order chi connectivity index (χ1) is 20.8. The van der Waals surface area contributed by atoms with Crippen molar-refractivity contribution in [3.63, 3.8) is 0 Å². The topological polar surface area (TPSA) is 83.8 Å². The van der Waals surface area contributed by atoms with Gasteiger partial charge >= 0.3 is 6.01 Å². The third kappa shape index (κ3) is 4.71. The number of aryl methyl sites for hydroxylation is 1. The number of benzene rings is 2. The molecule has 43 heavy (non-hydrogen) atoms. The zero-order chi connectivity index (χ0) is 29.8. The second kappa shape index (κ2) is 10.9. The third-order valence-electron chi connectivity index (χ3n) is 9.11. The number of hydrogen-bond donors (Lipinski definition) is 1. The van der Waals surface area contributed by atoms with Gasteiger partial charge in [-0.15, -0.1) is 6.42 Å². The molecule has 3 atom stereocenters. The molecular weight excluding hydrogens is 552 g/mol. The van der Waals surface area contributed by atoms with Gasteiger partial charge in [-0.1, -0.05) is 12.0 Å². The van der Waals surface area contributed by atoms with Crippen LogP contribution in [0.5, 0.6) is 11.8 Å². The van der Waals surface area contributed by atoms with Gasteiger partial charge in [0.2, 0.25) is 0 Å². The van der Waals surface area contributed by atoms with E-state index in [0.29, 0.717) is 60.3 Å². The summed E-state index contributed by atoms with van der Waals surface area (Å²) in [5.41, 5.74) is 0.821. The van der Waals surface area contributed by atoms with Crippen LogP contribution in [-0.2, 0) is 11.2 Å².